The summed E-state index contributed by atoms with van der Waals surface area (Å²) in [5.74, 6) is 0.0700. The van der Waals surface area contributed by atoms with Crippen LogP contribution in [0, 0.1) is 6.92 Å². The summed E-state index contributed by atoms with van der Waals surface area (Å²) in [7, 11) is -3.42. The molecule has 0 aliphatic rings. The molecule has 6 nitrogen and oxygen atoms in total. The van der Waals surface area contributed by atoms with Crippen LogP contribution < -0.4 is 5.56 Å². The highest BCUT2D eigenvalue weighted by atomic mass is 32.2. The fraction of sp³-hybridized carbons (Fsp3) is 0.583. The monoisotopic (exact) mass is 315 g/mol. The largest absolute Gasteiger partial charge is 0.275 e. The first-order chi connectivity index (χ1) is 9.44. The molecule has 0 bridgehead atoms. The number of nitrogens with zero attached hydrogens (tertiary/aromatic N) is 3. The van der Waals surface area contributed by atoms with Crippen molar-refractivity contribution in [2.45, 2.75) is 43.9 Å². The third-order valence-corrected chi connectivity index (χ3v) is 6.04. The normalized spacial score (nSPS) is 12.1. The molecular weight excluding hydrogens is 298 g/mol. The standard InChI is InChI=1S/C12H17N3O3S2/c1-3-4-5-6-7-20(17,18)12-14-15-10(16)8-9(2)13-11(15)19-12/h8H,3-7H2,1-2H3. The van der Waals surface area contributed by atoms with Gasteiger partial charge in [-0.15, -0.1) is 5.10 Å². The van der Waals surface area contributed by atoms with Gasteiger partial charge in [0.05, 0.1) is 5.75 Å². The van der Waals surface area contributed by atoms with E-state index < -0.39 is 9.84 Å². The van der Waals surface area contributed by atoms with Gasteiger partial charge in [0, 0.05) is 11.8 Å². The van der Waals surface area contributed by atoms with Gasteiger partial charge in [-0.1, -0.05) is 37.5 Å². The Bertz CT molecular complexity index is 762. The highest BCUT2D eigenvalue weighted by molar-refractivity contribution is 7.93. The van der Waals surface area contributed by atoms with Crippen LogP contribution in [-0.2, 0) is 9.84 Å². The lowest BCUT2D eigenvalue weighted by Gasteiger charge is -1.99. The Labute approximate surface area is 121 Å². The van der Waals surface area contributed by atoms with E-state index in [1.807, 2.05) is 0 Å². The summed E-state index contributed by atoms with van der Waals surface area (Å²) in [4.78, 5) is 16.2. The smallest absolute Gasteiger partial charge is 0.267 e. The van der Waals surface area contributed by atoms with Gasteiger partial charge in [-0.2, -0.15) is 4.52 Å². The molecule has 0 atom stereocenters. The highest BCUT2D eigenvalue weighted by Crippen LogP contribution is 2.19. The molecule has 2 aromatic heterocycles. The zero-order valence-electron chi connectivity index (χ0n) is 11.5. The van der Waals surface area contributed by atoms with Crippen molar-refractivity contribution in [1.29, 1.82) is 0 Å². The number of hydrogen-bond donors (Lipinski definition) is 0. The van der Waals surface area contributed by atoms with Gasteiger partial charge in [0.15, 0.2) is 0 Å². The molecule has 0 saturated heterocycles. The molecule has 0 aromatic carbocycles. The van der Waals surface area contributed by atoms with E-state index in [9.17, 15) is 13.2 Å². The van der Waals surface area contributed by atoms with Gasteiger partial charge in [0.25, 0.3) is 5.56 Å². The molecule has 0 spiro atoms. The molecule has 0 saturated carbocycles. The number of hydrogen-bond acceptors (Lipinski definition) is 6. The Hall–Kier alpha value is -1.28. The summed E-state index contributed by atoms with van der Waals surface area (Å²) in [6.45, 7) is 3.77. The summed E-state index contributed by atoms with van der Waals surface area (Å²) in [5, 5.41) is 3.90. The number of aromatic nitrogens is 3. The van der Waals surface area contributed by atoms with Crippen LogP contribution in [0.1, 0.15) is 38.3 Å². The van der Waals surface area contributed by atoms with Crippen molar-refractivity contribution >= 4 is 26.1 Å². The Kier molecular flexibility index (Phi) is 4.54. The van der Waals surface area contributed by atoms with Crippen molar-refractivity contribution in [2.24, 2.45) is 0 Å². The molecular formula is C12H17N3O3S2. The van der Waals surface area contributed by atoms with Crippen molar-refractivity contribution in [2.75, 3.05) is 5.75 Å². The molecule has 2 rings (SSSR count). The third-order valence-electron chi connectivity index (χ3n) is 2.89. The van der Waals surface area contributed by atoms with E-state index in [0.29, 0.717) is 17.1 Å². The SMILES string of the molecule is CCCCCCS(=O)(=O)c1nn2c(=O)cc(C)nc2s1. The number of unbranched alkanes of at least 4 members (excludes halogenated alkanes) is 3. The van der Waals surface area contributed by atoms with Gasteiger partial charge < -0.3 is 0 Å². The van der Waals surface area contributed by atoms with Crippen LogP contribution in [-0.4, -0.2) is 28.8 Å². The van der Waals surface area contributed by atoms with E-state index in [1.165, 1.54) is 6.07 Å². The maximum atomic E-state index is 12.2. The first kappa shape index (κ1) is 15.1. The van der Waals surface area contributed by atoms with Gasteiger partial charge in [0.1, 0.15) is 0 Å². The number of sulfone groups is 1. The number of rotatable bonds is 6. The minimum Gasteiger partial charge on any atom is -0.267 e. The maximum absolute atomic E-state index is 12.2. The molecule has 2 aromatic rings. The average molecular weight is 315 g/mol. The number of fused-ring (bicyclic) bond motifs is 1. The van der Waals surface area contributed by atoms with Crippen molar-refractivity contribution in [3.8, 4) is 0 Å². The van der Waals surface area contributed by atoms with Crippen LogP contribution in [0.3, 0.4) is 0 Å². The van der Waals surface area contributed by atoms with E-state index >= 15 is 0 Å². The van der Waals surface area contributed by atoms with Gasteiger partial charge in [-0.25, -0.2) is 13.4 Å². The first-order valence-electron chi connectivity index (χ1n) is 6.54. The van der Waals surface area contributed by atoms with Crippen molar-refractivity contribution in [1.82, 2.24) is 14.6 Å². The second kappa shape index (κ2) is 6.01. The fourth-order valence-corrected chi connectivity index (χ4v) is 4.47. The van der Waals surface area contributed by atoms with Gasteiger partial charge in [-0.05, 0) is 13.3 Å². The van der Waals surface area contributed by atoms with E-state index in [-0.39, 0.29) is 15.7 Å². The molecule has 0 aliphatic carbocycles. The van der Waals surface area contributed by atoms with Crippen LogP contribution in [0.4, 0.5) is 0 Å². The van der Waals surface area contributed by atoms with E-state index in [0.717, 1.165) is 35.1 Å². The molecule has 0 aliphatic heterocycles. The van der Waals surface area contributed by atoms with Gasteiger partial charge in [-0.3, -0.25) is 4.79 Å². The van der Waals surface area contributed by atoms with Crippen LogP contribution in [0.15, 0.2) is 15.2 Å². The lowest BCUT2D eigenvalue weighted by atomic mass is 10.2. The van der Waals surface area contributed by atoms with E-state index in [4.69, 9.17) is 0 Å². The molecule has 20 heavy (non-hydrogen) atoms. The molecule has 2 heterocycles. The summed E-state index contributed by atoms with van der Waals surface area (Å²) in [5.41, 5.74) is 0.210. The quantitative estimate of drug-likeness (QED) is 0.759. The molecule has 8 heteroatoms. The summed E-state index contributed by atoms with van der Waals surface area (Å²) in [6.07, 6.45) is 3.58. The average Bonchev–Trinajstić information content (AvgIpc) is 2.79. The topological polar surface area (TPSA) is 81.4 Å². The second-order valence-corrected chi connectivity index (χ2v) is 7.92. The zero-order chi connectivity index (χ0) is 14.8. The summed E-state index contributed by atoms with van der Waals surface area (Å²) >= 11 is 0.949. The molecule has 0 unspecified atom stereocenters. The predicted octanol–water partition coefficient (Wildman–Crippen LogP) is 1.81. The maximum Gasteiger partial charge on any atom is 0.275 e. The predicted molar refractivity (Wildman–Crippen MR) is 78.1 cm³/mol. The molecule has 0 N–H and O–H groups in total. The third kappa shape index (κ3) is 3.24. The Morgan fingerprint density at radius 1 is 1.30 bits per heavy atom. The lowest BCUT2D eigenvalue weighted by Crippen LogP contribution is -2.15. The van der Waals surface area contributed by atoms with Gasteiger partial charge >= 0.3 is 0 Å². The van der Waals surface area contributed by atoms with Crippen LogP contribution in [0.2, 0.25) is 0 Å². The Morgan fingerprint density at radius 2 is 2.05 bits per heavy atom. The summed E-state index contributed by atoms with van der Waals surface area (Å²) in [6, 6.07) is 1.34. The Morgan fingerprint density at radius 3 is 2.75 bits per heavy atom. The van der Waals surface area contributed by atoms with Gasteiger partial charge in [0.2, 0.25) is 19.1 Å². The van der Waals surface area contributed by atoms with Crippen LogP contribution in [0.5, 0.6) is 0 Å². The lowest BCUT2D eigenvalue weighted by molar-refractivity contribution is 0.586. The van der Waals surface area contributed by atoms with Crippen molar-refractivity contribution < 1.29 is 8.42 Å². The summed E-state index contributed by atoms with van der Waals surface area (Å²) < 4.78 is 25.4. The number of aryl methyl sites for hydroxylation is 1. The van der Waals surface area contributed by atoms with Crippen LogP contribution >= 0.6 is 11.3 Å². The van der Waals surface area contributed by atoms with Crippen molar-refractivity contribution in [3.05, 3.63) is 22.1 Å². The minimum absolute atomic E-state index is 0.0239. The molecule has 110 valence electrons. The molecule has 0 fully saturated rings. The minimum atomic E-state index is -3.42. The van der Waals surface area contributed by atoms with Crippen molar-refractivity contribution in [3.63, 3.8) is 0 Å². The zero-order valence-corrected chi connectivity index (χ0v) is 13.1. The van der Waals surface area contributed by atoms with E-state index in [2.05, 4.69) is 17.0 Å². The first-order valence-corrected chi connectivity index (χ1v) is 9.01. The molecule has 0 radical (unpaired) electrons. The Balaban J connectivity index is 2.28. The highest BCUT2D eigenvalue weighted by Gasteiger charge is 2.20. The fourth-order valence-electron chi connectivity index (χ4n) is 1.83. The van der Waals surface area contributed by atoms with Crippen LogP contribution in [0.25, 0.3) is 4.96 Å². The molecule has 0 amide bonds. The van der Waals surface area contributed by atoms with E-state index in [1.54, 1.807) is 6.92 Å². The second-order valence-electron chi connectivity index (χ2n) is 4.68.